The van der Waals surface area contributed by atoms with Crippen LogP contribution in [-0.4, -0.2) is 37.7 Å². The summed E-state index contributed by atoms with van der Waals surface area (Å²) in [5.41, 5.74) is 0.270. The SMILES string of the molecule is O=C(NC(=O)c1ccc(Cl)c(Cl)c1)OC[C@H]1CCC[NH+]2CCCC[C@H]12. The summed E-state index contributed by atoms with van der Waals surface area (Å²) in [5, 5.41) is 2.87. The van der Waals surface area contributed by atoms with Gasteiger partial charge < -0.3 is 9.64 Å². The van der Waals surface area contributed by atoms with Gasteiger partial charge in [-0.1, -0.05) is 23.2 Å². The van der Waals surface area contributed by atoms with Gasteiger partial charge in [0.25, 0.3) is 5.91 Å². The van der Waals surface area contributed by atoms with Crippen molar-refractivity contribution >= 4 is 35.2 Å². The molecule has 1 aromatic rings. The maximum Gasteiger partial charge on any atom is 0.414 e. The lowest BCUT2D eigenvalue weighted by Crippen LogP contribution is -3.18. The summed E-state index contributed by atoms with van der Waals surface area (Å²) in [6.07, 6.45) is 5.29. The summed E-state index contributed by atoms with van der Waals surface area (Å²) in [6.45, 7) is 2.82. The average Bonchev–Trinajstić information content (AvgIpc) is 2.62. The van der Waals surface area contributed by atoms with Gasteiger partial charge in [0.15, 0.2) is 0 Å². The first kappa shape index (κ1) is 18.5. The number of rotatable bonds is 3. The third kappa shape index (κ3) is 4.66. The molecule has 25 heavy (non-hydrogen) atoms. The van der Waals surface area contributed by atoms with Crippen LogP contribution in [0.3, 0.4) is 0 Å². The number of nitrogens with one attached hydrogen (secondary N) is 2. The van der Waals surface area contributed by atoms with Crippen LogP contribution in [-0.2, 0) is 4.74 Å². The molecule has 3 rings (SSSR count). The van der Waals surface area contributed by atoms with Gasteiger partial charge in [-0.05, 0) is 50.3 Å². The van der Waals surface area contributed by atoms with Gasteiger partial charge in [-0.25, -0.2) is 4.79 Å². The van der Waals surface area contributed by atoms with Crippen LogP contribution in [0.5, 0.6) is 0 Å². The molecule has 0 aromatic heterocycles. The first-order valence-corrected chi connectivity index (χ1v) is 9.58. The van der Waals surface area contributed by atoms with Crippen LogP contribution in [0.25, 0.3) is 0 Å². The lowest BCUT2D eigenvalue weighted by molar-refractivity contribution is -0.940. The van der Waals surface area contributed by atoms with Crippen molar-refractivity contribution in [2.24, 2.45) is 5.92 Å². The highest BCUT2D eigenvalue weighted by molar-refractivity contribution is 6.42. The van der Waals surface area contributed by atoms with E-state index in [9.17, 15) is 9.59 Å². The zero-order valence-electron chi connectivity index (χ0n) is 14.0. The molecule has 0 aliphatic carbocycles. The van der Waals surface area contributed by atoms with Gasteiger partial charge in [0.1, 0.15) is 6.61 Å². The summed E-state index contributed by atoms with van der Waals surface area (Å²) in [4.78, 5) is 25.7. The summed E-state index contributed by atoms with van der Waals surface area (Å²) in [5.74, 6) is -0.160. The van der Waals surface area contributed by atoms with E-state index in [0.29, 0.717) is 23.6 Å². The lowest BCUT2D eigenvalue weighted by Gasteiger charge is -2.40. The molecular formula is C18H23Cl2N2O3+. The van der Waals surface area contributed by atoms with Crippen LogP contribution < -0.4 is 10.2 Å². The molecule has 3 atom stereocenters. The van der Waals surface area contributed by atoms with E-state index in [1.807, 2.05) is 0 Å². The maximum atomic E-state index is 12.1. The molecule has 1 aromatic carbocycles. The largest absolute Gasteiger partial charge is 0.449 e. The van der Waals surface area contributed by atoms with Crippen molar-refractivity contribution in [1.82, 2.24) is 5.32 Å². The number of piperidine rings is 2. The Morgan fingerprint density at radius 2 is 1.92 bits per heavy atom. The Morgan fingerprint density at radius 1 is 1.12 bits per heavy atom. The van der Waals surface area contributed by atoms with Crippen LogP contribution in [0, 0.1) is 5.92 Å². The molecule has 2 aliphatic rings. The summed E-state index contributed by atoms with van der Waals surface area (Å²) < 4.78 is 5.33. The average molecular weight is 386 g/mol. The quantitative estimate of drug-likeness (QED) is 0.840. The van der Waals surface area contributed by atoms with Crippen molar-refractivity contribution in [2.75, 3.05) is 19.7 Å². The number of hydrogen-bond acceptors (Lipinski definition) is 3. The minimum Gasteiger partial charge on any atom is -0.449 e. The molecule has 2 heterocycles. The molecule has 5 nitrogen and oxygen atoms in total. The topological polar surface area (TPSA) is 59.8 Å². The molecule has 2 saturated heterocycles. The standard InChI is InChI=1S/C18H22Cl2N2O3/c19-14-7-6-12(10-15(14)20)17(23)21-18(24)25-11-13-4-3-9-22-8-2-1-5-16(13)22/h6-7,10,13,16H,1-5,8-9,11H2,(H,21,23,24)/p+1/t13-,16-/m1/s1. The van der Waals surface area contributed by atoms with E-state index >= 15 is 0 Å². The first-order chi connectivity index (χ1) is 12.0. The number of halogens is 2. The van der Waals surface area contributed by atoms with E-state index in [2.05, 4.69) is 5.32 Å². The molecule has 2 N–H and O–H groups in total. The zero-order chi connectivity index (χ0) is 17.8. The molecule has 136 valence electrons. The molecular weight excluding hydrogens is 363 g/mol. The van der Waals surface area contributed by atoms with E-state index in [0.717, 1.165) is 6.42 Å². The number of alkyl carbamates (subject to hydrolysis) is 1. The Balaban J connectivity index is 1.50. The molecule has 2 amide bonds. The molecule has 2 aliphatic heterocycles. The van der Waals surface area contributed by atoms with Gasteiger partial charge in [0.2, 0.25) is 0 Å². The zero-order valence-corrected chi connectivity index (χ0v) is 15.5. The minimum atomic E-state index is -0.709. The fourth-order valence-corrected chi connectivity index (χ4v) is 4.30. The van der Waals surface area contributed by atoms with E-state index in [4.69, 9.17) is 27.9 Å². The number of amides is 2. The molecule has 7 heteroatoms. The molecule has 0 saturated carbocycles. The second-order valence-corrected chi connectivity index (χ2v) is 7.66. The van der Waals surface area contributed by atoms with E-state index < -0.39 is 12.0 Å². The van der Waals surface area contributed by atoms with Crippen LogP contribution in [0.2, 0.25) is 10.0 Å². The van der Waals surface area contributed by atoms with Crippen molar-refractivity contribution in [3.63, 3.8) is 0 Å². The molecule has 0 radical (unpaired) electrons. The van der Waals surface area contributed by atoms with Crippen LogP contribution in [0.1, 0.15) is 42.5 Å². The highest BCUT2D eigenvalue weighted by atomic mass is 35.5. The Bertz CT molecular complexity index is 651. The highest BCUT2D eigenvalue weighted by Gasteiger charge is 2.37. The van der Waals surface area contributed by atoms with Crippen molar-refractivity contribution in [2.45, 2.75) is 38.1 Å². The van der Waals surface area contributed by atoms with Crippen molar-refractivity contribution in [3.8, 4) is 0 Å². The minimum absolute atomic E-state index is 0.269. The van der Waals surface area contributed by atoms with E-state index in [-0.39, 0.29) is 10.6 Å². The van der Waals surface area contributed by atoms with Crippen LogP contribution in [0.15, 0.2) is 18.2 Å². The van der Waals surface area contributed by atoms with Crippen LogP contribution in [0.4, 0.5) is 4.79 Å². The third-order valence-corrected chi connectivity index (χ3v) is 5.99. The number of carbonyl (C=O) groups is 2. The van der Waals surface area contributed by atoms with Gasteiger partial charge >= 0.3 is 6.09 Å². The number of fused-ring (bicyclic) bond motifs is 1. The molecule has 0 bridgehead atoms. The van der Waals surface area contributed by atoms with Crippen molar-refractivity contribution in [3.05, 3.63) is 33.8 Å². The number of benzene rings is 1. The lowest BCUT2D eigenvalue weighted by atomic mass is 9.84. The monoisotopic (exact) mass is 385 g/mol. The molecule has 1 unspecified atom stereocenters. The fourth-order valence-electron chi connectivity index (χ4n) is 4.00. The predicted octanol–water partition coefficient (Wildman–Crippen LogP) is 2.71. The third-order valence-electron chi connectivity index (χ3n) is 5.26. The maximum absolute atomic E-state index is 12.1. The Kier molecular flexibility index (Phi) is 6.20. The summed E-state index contributed by atoms with van der Waals surface area (Å²) in [6, 6.07) is 5.05. The number of imide groups is 1. The first-order valence-electron chi connectivity index (χ1n) is 8.82. The van der Waals surface area contributed by atoms with Gasteiger partial charge in [0.05, 0.1) is 29.2 Å². The van der Waals surface area contributed by atoms with Gasteiger partial charge in [-0.3, -0.25) is 10.1 Å². The molecule has 2 fully saturated rings. The smallest absolute Gasteiger partial charge is 0.414 e. The fraction of sp³-hybridized carbons (Fsp3) is 0.556. The number of carbonyl (C=O) groups excluding carboxylic acids is 2. The van der Waals surface area contributed by atoms with Crippen molar-refractivity contribution in [1.29, 1.82) is 0 Å². The normalized spacial score (nSPS) is 25.8. The second kappa shape index (κ2) is 8.39. The number of quaternary nitrogens is 1. The Hall–Kier alpha value is -1.30. The number of hydrogen-bond donors (Lipinski definition) is 2. The number of ether oxygens (including phenoxy) is 1. The Labute approximate surface area is 157 Å². The van der Waals surface area contributed by atoms with Gasteiger partial charge in [-0.15, -0.1) is 0 Å². The highest BCUT2D eigenvalue weighted by Crippen LogP contribution is 2.23. The second-order valence-electron chi connectivity index (χ2n) is 6.84. The van der Waals surface area contributed by atoms with Crippen LogP contribution >= 0.6 is 23.2 Å². The Morgan fingerprint density at radius 3 is 2.72 bits per heavy atom. The summed E-state index contributed by atoms with van der Waals surface area (Å²) in [7, 11) is 0. The van der Waals surface area contributed by atoms with Gasteiger partial charge in [0, 0.05) is 11.5 Å². The van der Waals surface area contributed by atoms with Crippen molar-refractivity contribution < 1.29 is 19.2 Å². The predicted molar refractivity (Wildman–Crippen MR) is 96.3 cm³/mol. The van der Waals surface area contributed by atoms with E-state index in [1.54, 1.807) is 4.90 Å². The van der Waals surface area contributed by atoms with Gasteiger partial charge in [-0.2, -0.15) is 0 Å². The summed E-state index contributed by atoms with van der Waals surface area (Å²) >= 11 is 11.7. The van der Waals surface area contributed by atoms with E-state index in [1.165, 1.54) is 57.0 Å². The molecule has 0 spiro atoms.